The molecule has 0 aliphatic carbocycles. The van der Waals surface area contributed by atoms with E-state index in [1.54, 1.807) is 0 Å². The highest BCUT2D eigenvalue weighted by molar-refractivity contribution is 6.19. The van der Waals surface area contributed by atoms with Crippen LogP contribution in [0.5, 0.6) is 0 Å². The molecule has 0 aliphatic rings. The average Bonchev–Trinajstić information content (AvgIpc) is 2.54. The monoisotopic (exact) mass is 304 g/mol. The summed E-state index contributed by atoms with van der Waals surface area (Å²) in [5.41, 5.74) is 3.48. The Balaban J connectivity index is 0.000000200. The molecule has 2 rings (SSSR count). The highest BCUT2D eigenvalue weighted by Gasteiger charge is 1.87. The summed E-state index contributed by atoms with van der Waals surface area (Å²) in [4.78, 5) is 0. The van der Waals surface area contributed by atoms with Crippen LogP contribution < -0.4 is 0 Å². The first-order valence-electron chi connectivity index (χ1n) is 6.35. The van der Waals surface area contributed by atoms with Crippen LogP contribution in [-0.2, 0) is 5.88 Å². The number of allylic oxidation sites excluding steroid dienone is 1. The van der Waals surface area contributed by atoms with E-state index in [9.17, 15) is 0 Å². The van der Waals surface area contributed by atoms with Gasteiger partial charge in [0.15, 0.2) is 0 Å². The zero-order chi connectivity index (χ0) is 14.6. The Bertz CT molecular complexity index is 513. The van der Waals surface area contributed by atoms with Crippen LogP contribution in [0.3, 0.4) is 0 Å². The second kappa shape index (κ2) is 10.3. The third-order valence-corrected chi connectivity index (χ3v) is 3.06. The summed E-state index contributed by atoms with van der Waals surface area (Å²) in [6.45, 7) is 3.65. The topological polar surface area (TPSA) is 0 Å². The summed E-state index contributed by atoms with van der Waals surface area (Å²) in [7, 11) is 0. The molecule has 0 unspecified atom stereocenters. The predicted octanol–water partition coefficient (Wildman–Crippen LogP) is 6.01. The highest BCUT2D eigenvalue weighted by atomic mass is 35.5. The Morgan fingerprint density at radius 2 is 1.50 bits per heavy atom. The maximum absolute atomic E-state index is 5.60. The van der Waals surface area contributed by atoms with Gasteiger partial charge in [0.1, 0.15) is 0 Å². The molecule has 0 saturated heterocycles. The number of rotatable bonds is 4. The van der Waals surface area contributed by atoms with Crippen LogP contribution in [0.15, 0.2) is 67.3 Å². The lowest BCUT2D eigenvalue weighted by Gasteiger charge is -1.94. The van der Waals surface area contributed by atoms with Crippen molar-refractivity contribution in [1.29, 1.82) is 0 Å². The minimum absolute atomic E-state index is 0.578. The SMILES string of the molecule is C=Cc1ccc(CCl)cc1.ClCC=Cc1ccccc1. The van der Waals surface area contributed by atoms with E-state index >= 15 is 0 Å². The van der Waals surface area contributed by atoms with Gasteiger partial charge in [-0.1, -0.05) is 79.4 Å². The molecule has 2 heteroatoms. The molecule has 0 nitrogen and oxygen atoms in total. The lowest BCUT2D eigenvalue weighted by Crippen LogP contribution is -1.76. The third kappa shape index (κ3) is 6.60. The van der Waals surface area contributed by atoms with Gasteiger partial charge in [0.25, 0.3) is 0 Å². The third-order valence-electron chi connectivity index (χ3n) is 2.57. The fraction of sp³-hybridized carbons (Fsp3) is 0.111. The van der Waals surface area contributed by atoms with E-state index in [0.717, 1.165) is 11.1 Å². The Hall–Kier alpha value is -1.50. The Labute approximate surface area is 131 Å². The van der Waals surface area contributed by atoms with Gasteiger partial charge < -0.3 is 0 Å². The maximum atomic E-state index is 5.60. The average molecular weight is 305 g/mol. The first-order valence-corrected chi connectivity index (χ1v) is 7.42. The number of hydrogen-bond donors (Lipinski definition) is 0. The zero-order valence-electron chi connectivity index (χ0n) is 11.3. The molecule has 0 spiro atoms. The smallest absolute Gasteiger partial charge is 0.0474 e. The number of alkyl halides is 2. The fourth-order valence-electron chi connectivity index (χ4n) is 1.49. The van der Waals surface area contributed by atoms with Crippen molar-refractivity contribution >= 4 is 35.4 Å². The Morgan fingerprint density at radius 1 is 0.850 bits per heavy atom. The lowest BCUT2D eigenvalue weighted by atomic mass is 10.1. The van der Waals surface area contributed by atoms with Gasteiger partial charge in [0, 0.05) is 11.8 Å². The number of hydrogen-bond acceptors (Lipinski definition) is 0. The van der Waals surface area contributed by atoms with Gasteiger partial charge >= 0.3 is 0 Å². The lowest BCUT2D eigenvalue weighted by molar-refractivity contribution is 1.40. The standard InChI is InChI=1S/2C9H9Cl/c1-2-8-3-5-9(7-10)6-4-8;10-8-4-7-9-5-2-1-3-6-9/h2-6H,1,7H2;1-7H,8H2. The molecule has 104 valence electrons. The molecule has 0 aliphatic heterocycles. The molecule has 2 aromatic carbocycles. The largest absolute Gasteiger partial charge is 0.122 e. The number of halogens is 2. The maximum Gasteiger partial charge on any atom is 0.0474 e. The first-order chi connectivity index (χ1) is 9.80. The van der Waals surface area contributed by atoms with Crippen LogP contribution in [0.1, 0.15) is 16.7 Å². The van der Waals surface area contributed by atoms with Crippen molar-refractivity contribution in [2.45, 2.75) is 5.88 Å². The molecule has 0 fully saturated rings. The Kier molecular flexibility index (Phi) is 8.53. The molecular weight excluding hydrogens is 287 g/mol. The molecule has 0 heterocycles. The molecule has 0 N–H and O–H groups in total. The molecule has 0 amide bonds. The van der Waals surface area contributed by atoms with Crippen LogP contribution >= 0.6 is 23.2 Å². The Morgan fingerprint density at radius 3 is 2.00 bits per heavy atom. The van der Waals surface area contributed by atoms with Crippen molar-refractivity contribution in [2.75, 3.05) is 5.88 Å². The normalized spacial score (nSPS) is 9.90. The molecule has 0 aromatic heterocycles. The van der Waals surface area contributed by atoms with Crippen molar-refractivity contribution in [3.8, 4) is 0 Å². The van der Waals surface area contributed by atoms with Gasteiger partial charge in [0.05, 0.1) is 0 Å². The van der Waals surface area contributed by atoms with Gasteiger partial charge in [-0.25, -0.2) is 0 Å². The van der Waals surface area contributed by atoms with Crippen LogP contribution in [-0.4, -0.2) is 5.88 Å². The molecule has 2 aromatic rings. The van der Waals surface area contributed by atoms with Crippen molar-refractivity contribution in [1.82, 2.24) is 0 Å². The van der Waals surface area contributed by atoms with E-state index in [-0.39, 0.29) is 0 Å². The van der Waals surface area contributed by atoms with Crippen molar-refractivity contribution in [3.63, 3.8) is 0 Å². The van der Waals surface area contributed by atoms with Crippen LogP contribution in [0.2, 0.25) is 0 Å². The summed E-state index contributed by atoms with van der Waals surface area (Å²) in [6, 6.07) is 18.1. The summed E-state index contributed by atoms with van der Waals surface area (Å²) in [5.74, 6) is 1.16. The fourth-order valence-corrected chi connectivity index (χ4v) is 1.75. The van der Waals surface area contributed by atoms with Gasteiger partial charge in [-0.2, -0.15) is 0 Å². The van der Waals surface area contributed by atoms with Gasteiger partial charge in [-0.15, -0.1) is 23.2 Å². The van der Waals surface area contributed by atoms with Crippen LogP contribution in [0.25, 0.3) is 12.2 Å². The van der Waals surface area contributed by atoms with Gasteiger partial charge in [-0.05, 0) is 16.7 Å². The second-order valence-corrected chi connectivity index (χ2v) is 4.62. The van der Waals surface area contributed by atoms with Gasteiger partial charge in [0.2, 0.25) is 0 Å². The van der Waals surface area contributed by atoms with E-state index in [2.05, 4.69) is 6.58 Å². The molecule has 20 heavy (non-hydrogen) atoms. The summed E-state index contributed by atoms with van der Waals surface area (Å²) < 4.78 is 0. The minimum Gasteiger partial charge on any atom is -0.122 e. The quantitative estimate of drug-likeness (QED) is 0.607. The molecule has 0 bridgehead atoms. The van der Waals surface area contributed by atoms with Crippen molar-refractivity contribution in [3.05, 3.63) is 83.9 Å². The predicted molar refractivity (Wildman–Crippen MR) is 92.3 cm³/mol. The van der Waals surface area contributed by atoms with E-state index in [4.69, 9.17) is 23.2 Å². The molecule has 0 atom stereocenters. The van der Waals surface area contributed by atoms with Crippen molar-refractivity contribution < 1.29 is 0 Å². The van der Waals surface area contributed by atoms with Crippen molar-refractivity contribution in [2.24, 2.45) is 0 Å². The van der Waals surface area contributed by atoms with E-state index in [1.165, 1.54) is 5.56 Å². The second-order valence-electron chi connectivity index (χ2n) is 4.05. The zero-order valence-corrected chi connectivity index (χ0v) is 12.8. The van der Waals surface area contributed by atoms with Gasteiger partial charge in [-0.3, -0.25) is 0 Å². The van der Waals surface area contributed by atoms with Crippen LogP contribution in [0.4, 0.5) is 0 Å². The van der Waals surface area contributed by atoms with E-state index < -0.39 is 0 Å². The van der Waals surface area contributed by atoms with Crippen LogP contribution in [0, 0.1) is 0 Å². The molecule has 0 radical (unpaired) electrons. The molecule has 0 saturated carbocycles. The highest BCUT2D eigenvalue weighted by Crippen LogP contribution is 2.07. The summed E-state index contributed by atoms with van der Waals surface area (Å²) in [6.07, 6.45) is 5.75. The number of benzene rings is 2. The minimum atomic E-state index is 0.578. The summed E-state index contributed by atoms with van der Waals surface area (Å²) >= 11 is 11.1. The van der Waals surface area contributed by atoms with E-state index in [1.807, 2.05) is 72.8 Å². The summed E-state index contributed by atoms with van der Waals surface area (Å²) in [5, 5.41) is 0. The first kappa shape index (κ1) is 16.6. The van der Waals surface area contributed by atoms with E-state index in [0.29, 0.717) is 11.8 Å². The molecular formula is C18H18Cl2.